The van der Waals surface area contributed by atoms with Crippen LogP contribution in [0.1, 0.15) is 20.0 Å². The molecule has 0 spiro atoms. The molecular formula is C11H6ClNO3S. The van der Waals surface area contributed by atoms with Gasteiger partial charge in [-0.05, 0) is 23.1 Å². The number of rotatable bonds is 3. The molecule has 0 unspecified atom stereocenters. The Balaban J connectivity index is 2.49. The SMILES string of the molecule is O=Cc1cc(-c2cnc(Cl)c(C(=O)O)c2)cs1. The van der Waals surface area contributed by atoms with Gasteiger partial charge >= 0.3 is 5.97 Å². The molecule has 0 atom stereocenters. The fourth-order valence-corrected chi connectivity index (χ4v) is 2.22. The van der Waals surface area contributed by atoms with Crippen molar-refractivity contribution < 1.29 is 14.7 Å². The Morgan fingerprint density at radius 3 is 2.76 bits per heavy atom. The van der Waals surface area contributed by atoms with Crippen LogP contribution >= 0.6 is 22.9 Å². The highest BCUT2D eigenvalue weighted by molar-refractivity contribution is 7.12. The zero-order valence-electron chi connectivity index (χ0n) is 8.38. The first kappa shape index (κ1) is 11.8. The minimum Gasteiger partial charge on any atom is -0.478 e. The number of aromatic carboxylic acids is 1. The summed E-state index contributed by atoms with van der Waals surface area (Å²) >= 11 is 6.95. The van der Waals surface area contributed by atoms with Crippen molar-refractivity contribution in [2.45, 2.75) is 0 Å². The van der Waals surface area contributed by atoms with Gasteiger partial charge in [0, 0.05) is 11.8 Å². The zero-order valence-corrected chi connectivity index (χ0v) is 9.96. The van der Waals surface area contributed by atoms with Gasteiger partial charge in [0.1, 0.15) is 5.15 Å². The predicted octanol–water partition coefficient (Wildman–Crippen LogP) is 2.97. The lowest BCUT2D eigenvalue weighted by atomic mass is 10.1. The molecule has 0 fully saturated rings. The molecule has 2 rings (SSSR count). The number of nitrogens with zero attached hydrogens (tertiary/aromatic N) is 1. The largest absolute Gasteiger partial charge is 0.478 e. The van der Waals surface area contributed by atoms with E-state index in [1.165, 1.54) is 23.6 Å². The molecule has 2 aromatic rings. The number of halogens is 1. The van der Waals surface area contributed by atoms with Gasteiger partial charge in [0.25, 0.3) is 0 Å². The van der Waals surface area contributed by atoms with E-state index in [0.717, 1.165) is 11.8 Å². The average Bonchev–Trinajstić information content (AvgIpc) is 2.78. The van der Waals surface area contributed by atoms with E-state index in [9.17, 15) is 9.59 Å². The van der Waals surface area contributed by atoms with Gasteiger partial charge < -0.3 is 5.11 Å². The van der Waals surface area contributed by atoms with Gasteiger partial charge in [-0.2, -0.15) is 0 Å². The average molecular weight is 268 g/mol. The summed E-state index contributed by atoms with van der Waals surface area (Å²) < 4.78 is 0. The maximum Gasteiger partial charge on any atom is 0.338 e. The van der Waals surface area contributed by atoms with Crippen LogP contribution in [0, 0.1) is 0 Å². The lowest BCUT2D eigenvalue weighted by Crippen LogP contribution is -1.99. The van der Waals surface area contributed by atoms with Gasteiger partial charge in [0.2, 0.25) is 0 Å². The van der Waals surface area contributed by atoms with Crippen molar-refractivity contribution in [1.29, 1.82) is 0 Å². The number of hydrogen-bond donors (Lipinski definition) is 1. The third kappa shape index (κ3) is 2.35. The molecule has 0 aliphatic rings. The van der Waals surface area contributed by atoms with Crippen LogP contribution in [-0.4, -0.2) is 22.3 Å². The number of carboxylic acids is 1. The second-order valence-corrected chi connectivity index (χ2v) is 4.52. The summed E-state index contributed by atoms with van der Waals surface area (Å²) in [4.78, 5) is 25.8. The van der Waals surface area contributed by atoms with Gasteiger partial charge in [-0.15, -0.1) is 11.3 Å². The number of aldehydes is 1. The number of carboxylic acid groups (broad SMARTS) is 1. The molecule has 6 heteroatoms. The minimum absolute atomic E-state index is 0.0490. The van der Waals surface area contributed by atoms with E-state index in [2.05, 4.69) is 4.98 Å². The molecule has 0 bridgehead atoms. The molecule has 0 amide bonds. The van der Waals surface area contributed by atoms with Crippen molar-refractivity contribution in [3.05, 3.63) is 39.3 Å². The maximum atomic E-state index is 10.9. The number of aromatic nitrogens is 1. The van der Waals surface area contributed by atoms with Gasteiger partial charge in [-0.25, -0.2) is 9.78 Å². The summed E-state index contributed by atoms with van der Waals surface area (Å²) in [7, 11) is 0. The molecule has 2 aromatic heterocycles. The van der Waals surface area contributed by atoms with E-state index >= 15 is 0 Å². The third-order valence-corrected chi connectivity index (χ3v) is 3.30. The fraction of sp³-hybridized carbons (Fsp3) is 0. The summed E-state index contributed by atoms with van der Waals surface area (Å²) in [6.07, 6.45) is 2.22. The highest BCUT2D eigenvalue weighted by atomic mass is 35.5. The highest BCUT2D eigenvalue weighted by Crippen LogP contribution is 2.26. The number of carbonyl (C=O) groups excluding carboxylic acids is 1. The van der Waals surface area contributed by atoms with Crippen molar-refractivity contribution >= 4 is 35.2 Å². The monoisotopic (exact) mass is 267 g/mol. The number of hydrogen-bond acceptors (Lipinski definition) is 4. The van der Waals surface area contributed by atoms with E-state index in [0.29, 0.717) is 10.4 Å². The molecule has 4 nitrogen and oxygen atoms in total. The molecule has 17 heavy (non-hydrogen) atoms. The number of thiophene rings is 1. The van der Waals surface area contributed by atoms with E-state index < -0.39 is 5.97 Å². The molecule has 0 radical (unpaired) electrons. The molecule has 1 N–H and O–H groups in total. The Morgan fingerprint density at radius 1 is 1.41 bits per heavy atom. The summed E-state index contributed by atoms with van der Waals surface area (Å²) in [5.74, 6) is -1.13. The fourth-order valence-electron chi connectivity index (χ4n) is 1.32. The zero-order chi connectivity index (χ0) is 12.4. The van der Waals surface area contributed by atoms with Gasteiger partial charge in [-0.1, -0.05) is 11.6 Å². The van der Waals surface area contributed by atoms with Crippen molar-refractivity contribution in [2.24, 2.45) is 0 Å². The Morgan fingerprint density at radius 2 is 2.18 bits per heavy atom. The van der Waals surface area contributed by atoms with Crippen LogP contribution in [-0.2, 0) is 0 Å². The second-order valence-electron chi connectivity index (χ2n) is 3.22. The summed E-state index contributed by atoms with van der Waals surface area (Å²) in [5, 5.41) is 10.6. The summed E-state index contributed by atoms with van der Waals surface area (Å²) in [5.41, 5.74) is 1.32. The van der Waals surface area contributed by atoms with E-state index in [1.807, 2.05) is 0 Å². The van der Waals surface area contributed by atoms with Crippen LogP contribution in [0.25, 0.3) is 11.1 Å². The van der Waals surface area contributed by atoms with Gasteiger partial charge in [-0.3, -0.25) is 4.79 Å². The van der Waals surface area contributed by atoms with E-state index in [4.69, 9.17) is 16.7 Å². The predicted molar refractivity (Wildman–Crippen MR) is 64.9 cm³/mol. The van der Waals surface area contributed by atoms with Crippen molar-refractivity contribution in [3.63, 3.8) is 0 Å². The van der Waals surface area contributed by atoms with Gasteiger partial charge in [0.15, 0.2) is 6.29 Å². The Labute approximate surface area is 105 Å². The normalized spacial score (nSPS) is 10.2. The highest BCUT2D eigenvalue weighted by Gasteiger charge is 2.12. The van der Waals surface area contributed by atoms with Crippen molar-refractivity contribution in [2.75, 3.05) is 0 Å². The molecular weight excluding hydrogens is 262 g/mol. The molecule has 2 heterocycles. The molecule has 0 saturated heterocycles. The van der Waals surface area contributed by atoms with Crippen molar-refractivity contribution in [1.82, 2.24) is 4.98 Å². The smallest absolute Gasteiger partial charge is 0.338 e. The standard InChI is InChI=1S/C11H6ClNO3S/c12-10-9(11(15)16)2-6(3-13-10)7-1-8(4-14)17-5-7/h1-5H,(H,15,16). The lowest BCUT2D eigenvalue weighted by Gasteiger charge is -2.01. The van der Waals surface area contributed by atoms with E-state index in [-0.39, 0.29) is 10.7 Å². The Kier molecular flexibility index (Phi) is 3.21. The quantitative estimate of drug-likeness (QED) is 0.686. The summed E-state index contributed by atoms with van der Waals surface area (Å²) in [6.45, 7) is 0. The number of carbonyl (C=O) groups is 2. The first-order chi connectivity index (χ1) is 8.11. The Bertz CT molecular complexity index is 594. The molecule has 0 saturated carbocycles. The number of pyridine rings is 1. The first-order valence-electron chi connectivity index (χ1n) is 4.54. The molecule has 0 aliphatic heterocycles. The first-order valence-corrected chi connectivity index (χ1v) is 5.80. The molecule has 86 valence electrons. The van der Waals surface area contributed by atoms with E-state index in [1.54, 1.807) is 11.4 Å². The topological polar surface area (TPSA) is 67.3 Å². The molecule has 0 aromatic carbocycles. The Hall–Kier alpha value is -1.72. The second kappa shape index (κ2) is 4.65. The van der Waals surface area contributed by atoms with Crippen LogP contribution < -0.4 is 0 Å². The summed E-state index contributed by atoms with van der Waals surface area (Å²) in [6, 6.07) is 3.11. The van der Waals surface area contributed by atoms with Crippen LogP contribution in [0.3, 0.4) is 0 Å². The van der Waals surface area contributed by atoms with Crippen LogP contribution in [0.2, 0.25) is 5.15 Å². The minimum atomic E-state index is -1.13. The van der Waals surface area contributed by atoms with Crippen LogP contribution in [0.15, 0.2) is 23.7 Å². The van der Waals surface area contributed by atoms with Crippen LogP contribution in [0.4, 0.5) is 0 Å². The van der Waals surface area contributed by atoms with Crippen LogP contribution in [0.5, 0.6) is 0 Å². The van der Waals surface area contributed by atoms with Gasteiger partial charge in [0.05, 0.1) is 10.4 Å². The molecule has 0 aliphatic carbocycles. The third-order valence-electron chi connectivity index (χ3n) is 2.14. The van der Waals surface area contributed by atoms with Crippen molar-refractivity contribution in [3.8, 4) is 11.1 Å². The maximum absolute atomic E-state index is 10.9. The lowest BCUT2D eigenvalue weighted by molar-refractivity contribution is 0.0696.